The van der Waals surface area contributed by atoms with Gasteiger partial charge in [0.05, 0.1) is 11.6 Å². The van der Waals surface area contributed by atoms with Gasteiger partial charge in [-0.05, 0) is 23.8 Å². The summed E-state index contributed by atoms with van der Waals surface area (Å²) < 4.78 is 10.2. The second-order valence-electron chi connectivity index (χ2n) is 3.20. The third-order valence-corrected chi connectivity index (χ3v) is 2.21. The minimum absolute atomic E-state index is 0.417. The highest BCUT2D eigenvalue weighted by molar-refractivity contribution is 6.32. The zero-order chi connectivity index (χ0) is 12.7. The number of carboxylic acid groups (broad SMARTS) is 1. The highest BCUT2D eigenvalue weighted by atomic mass is 35.5. The second kappa shape index (κ2) is 6.93. The molecular weight excluding hydrogens is 244 g/mol. The quantitative estimate of drug-likeness (QED) is 0.627. The fourth-order valence-corrected chi connectivity index (χ4v) is 1.38. The molecule has 1 aromatic carbocycles. The Morgan fingerprint density at radius 1 is 1.47 bits per heavy atom. The molecule has 5 heteroatoms. The van der Waals surface area contributed by atoms with Gasteiger partial charge >= 0.3 is 5.97 Å². The van der Waals surface area contributed by atoms with Crippen LogP contribution in [0, 0.1) is 0 Å². The van der Waals surface area contributed by atoms with E-state index in [0.29, 0.717) is 29.5 Å². The first-order valence-corrected chi connectivity index (χ1v) is 5.33. The first kappa shape index (κ1) is 13.5. The molecule has 0 fully saturated rings. The summed E-state index contributed by atoms with van der Waals surface area (Å²) in [5, 5.41) is 8.92. The van der Waals surface area contributed by atoms with Crippen molar-refractivity contribution >= 4 is 23.6 Å². The summed E-state index contributed by atoms with van der Waals surface area (Å²) in [7, 11) is 1.59. The van der Waals surface area contributed by atoms with Crippen molar-refractivity contribution in [2.45, 2.75) is 0 Å². The molecule has 0 spiro atoms. The number of aliphatic carboxylic acids is 1. The summed E-state index contributed by atoms with van der Waals surface area (Å²) in [4.78, 5) is 10.3. The van der Waals surface area contributed by atoms with Crippen LogP contribution in [0.3, 0.4) is 0 Å². The van der Waals surface area contributed by atoms with Crippen LogP contribution < -0.4 is 4.74 Å². The van der Waals surface area contributed by atoms with Crippen molar-refractivity contribution in [3.63, 3.8) is 0 Å². The summed E-state index contributed by atoms with van der Waals surface area (Å²) in [6, 6.07) is 5.07. The number of hydrogen-bond donors (Lipinski definition) is 1. The van der Waals surface area contributed by atoms with Crippen LogP contribution in [0.4, 0.5) is 0 Å². The molecule has 0 amide bonds. The van der Waals surface area contributed by atoms with Crippen molar-refractivity contribution in [1.29, 1.82) is 0 Å². The van der Waals surface area contributed by atoms with E-state index < -0.39 is 5.97 Å². The largest absolute Gasteiger partial charge is 0.490 e. The SMILES string of the molecule is COCCOc1ccc(C=CC(=O)O)cc1Cl. The van der Waals surface area contributed by atoms with Gasteiger partial charge in [0.25, 0.3) is 0 Å². The zero-order valence-electron chi connectivity index (χ0n) is 9.35. The lowest BCUT2D eigenvalue weighted by atomic mass is 10.2. The lowest BCUT2D eigenvalue weighted by molar-refractivity contribution is -0.131. The lowest BCUT2D eigenvalue weighted by Crippen LogP contribution is -2.04. The van der Waals surface area contributed by atoms with Crippen LogP contribution in [-0.2, 0) is 9.53 Å². The highest BCUT2D eigenvalue weighted by Crippen LogP contribution is 2.25. The smallest absolute Gasteiger partial charge is 0.328 e. The van der Waals surface area contributed by atoms with Crippen molar-refractivity contribution in [2.75, 3.05) is 20.3 Å². The van der Waals surface area contributed by atoms with Gasteiger partial charge in [-0.25, -0.2) is 4.79 Å². The van der Waals surface area contributed by atoms with E-state index in [4.69, 9.17) is 26.2 Å². The Labute approximate surface area is 104 Å². The molecule has 0 aliphatic heterocycles. The van der Waals surface area contributed by atoms with Crippen LogP contribution in [0.25, 0.3) is 6.08 Å². The van der Waals surface area contributed by atoms with Crippen LogP contribution in [0.2, 0.25) is 5.02 Å². The molecule has 0 bridgehead atoms. The van der Waals surface area contributed by atoms with Crippen LogP contribution in [-0.4, -0.2) is 31.4 Å². The highest BCUT2D eigenvalue weighted by Gasteiger charge is 2.01. The summed E-state index contributed by atoms with van der Waals surface area (Å²) in [6.45, 7) is 0.900. The zero-order valence-corrected chi connectivity index (χ0v) is 10.1. The summed E-state index contributed by atoms with van der Waals surface area (Å²) in [6.07, 6.45) is 2.52. The maximum absolute atomic E-state index is 10.3. The minimum atomic E-state index is -0.999. The van der Waals surface area contributed by atoms with Gasteiger partial charge in [-0.2, -0.15) is 0 Å². The van der Waals surface area contributed by atoms with Gasteiger partial charge in [0.1, 0.15) is 12.4 Å². The van der Waals surface area contributed by atoms with Crippen molar-refractivity contribution in [1.82, 2.24) is 0 Å². The molecule has 4 nitrogen and oxygen atoms in total. The Bertz CT molecular complexity index is 415. The molecule has 0 aromatic heterocycles. The normalized spacial score (nSPS) is 10.7. The van der Waals surface area contributed by atoms with Gasteiger partial charge in [0, 0.05) is 13.2 Å². The standard InChI is InChI=1S/C12H13ClO4/c1-16-6-7-17-11-4-2-9(8-10(11)13)3-5-12(14)15/h2-5,8H,6-7H2,1H3,(H,14,15). The molecule has 0 aliphatic carbocycles. The monoisotopic (exact) mass is 256 g/mol. The summed E-state index contributed by atoms with van der Waals surface area (Å²) >= 11 is 5.98. The van der Waals surface area contributed by atoms with Gasteiger partial charge in [-0.1, -0.05) is 17.7 Å². The van der Waals surface area contributed by atoms with Crippen LogP contribution in [0.15, 0.2) is 24.3 Å². The van der Waals surface area contributed by atoms with Crippen LogP contribution in [0.5, 0.6) is 5.75 Å². The molecule has 1 aromatic rings. The Morgan fingerprint density at radius 2 is 2.24 bits per heavy atom. The number of carboxylic acids is 1. The summed E-state index contributed by atoms with van der Waals surface area (Å²) in [5.41, 5.74) is 0.705. The number of rotatable bonds is 6. The van der Waals surface area contributed by atoms with E-state index in [-0.39, 0.29) is 0 Å². The average molecular weight is 257 g/mol. The van der Waals surface area contributed by atoms with E-state index in [1.165, 1.54) is 6.08 Å². The van der Waals surface area contributed by atoms with Gasteiger partial charge in [-0.15, -0.1) is 0 Å². The van der Waals surface area contributed by atoms with E-state index in [1.54, 1.807) is 25.3 Å². The topological polar surface area (TPSA) is 55.8 Å². The average Bonchev–Trinajstić information content (AvgIpc) is 2.29. The van der Waals surface area contributed by atoms with E-state index in [1.807, 2.05) is 0 Å². The lowest BCUT2D eigenvalue weighted by Gasteiger charge is -2.07. The minimum Gasteiger partial charge on any atom is -0.490 e. The van der Waals surface area contributed by atoms with Crippen molar-refractivity contribution in [2.24, 2.45) is 0 Å². The molecule has 0 saturated carbocycles. The van der Waals surface area contributed by atoms with Gasteiger partial charge in [-0.3, -0.25) is 0 Å². The van der Waals surface area contributed by atoms with Gasteiger partial charge < -0.3 is 14.6 Å². The van der Waals surface area contributed by atoms with Crippen molar-refractivity contribution < 1.29 is 19.4 Å². The van der Waals surface area contributed by atoms with E-state index in [0.717, 1.165) is 6.08 Å². The summed E-state index contributed by atoms with van der Waals surface area (Å²) in [5.74, 6) is -0.447. The molecule has 0 saturated heterocycles. The molecule has 0 heterocycles. The van der Waals surface area contributed by atoms with Crippen LogP contribution in [0.1, 0.15) is 5.56 Å². The molecule has 0 unspecified atom stereocenters. The predicted molar refractivity (Wildman–Crippen MR) is 65.5 cm³/mol. The number of halogens is 1. The molecule has 17 heavy (non-hydrogen) atoms. The predicted octanol–water partition coefficient (Wildman–Crippen LogP) is 2.46. The molecule has 1 rings (SSSR count). The van der Waals surface area contributed by atoms with E-state index in [9.17, 15) is 4.79 Å². The number of hydrogen-bond acceptors (Lipinski definition) is 3. The second-order valence-corrected chi connectivity index (χ2v) is 3.61. The van der Waals surface area contributed by atoms with Gasteiger partial charge in [0.2, 0.25) is 0 Å². The van der Waals surface area contributed by atoms with E-state index >= 15 is 0 Å². The molecule has 1 N–H and O–H groups in total. The first-order chi connectivity index (χ1) is 8.13. The third kappa shape index (κ3) is 4.89. The van der Waals surface area contributed by atoms with E-state index in [2.05, 4.69) is 0 Å². The molecular formula is C12H13ClO4. The number of carbonyl (C=O) groups is 1. The number of ether oxygens (including phenoxy) is 2. The number of methoxy groups -OCH3 is 1. The molecule has 0 atom stereocenters. The fraction of sp³-hybridized carbons (Fsp3) is 0.250. The van der Waals surface area contributed by atoms with Crippen LogP contribution >= 0.6 is 11.6 Å². The molecule has 0 aliphatic rings. The maximum atomic E-state index is 10.3. The third-order valence-electron chi connectivity index (χ3n) is 1.92. The Balaban J connectivity index is 2.69. The Kier molecular flexibility index (Phi) is 5.52. The Morgan fingerprint density at radius 3 is 2.82 bits per heavy atom. The molecule has 92 valence electrons. The fourth-order valence-electron chi connectivity index (χ4n) is 1.14. The maximum Gasteiger partial charge on any atom is 0.328 e. The Hall–Kier alpha value is -1.52. The molecule has 0 radical (unpaired) electrons. The number of benzene rings is 1. The first-order valence-electron chi connectivity index (χ1n) is 4.96. The van der Waals surface area contributed by atoms with Gasteiger partial charge in [0.15, 0.2) is 0 Å². The van der Waals surface area contributed by atoms with Crippen molar-refractivity contribution in [3.8, 4) is 5.75 Å². The van der Waals surface area contributed by atoms with Crippen molar-refractivity contribution in [3.05, 3.63) is 34.9 Å².